The summed E-state index contributed by atoms with van der Waals surface area (Å²) < 4.78 is 6.54. The van der Waals surface area contributed by atoms with Crippen molar-refractivity contribution in [3.63, 3.8) is 0 Å². The minimum atomic E-state index is -0.156. The van der Waals surface area contributed by atoms with E-state index in [-0.39, 0.29) is 11.7 Å². The van der Waals surface area contributed by atoms with Gasteiger partial charge in [0.2, 0.25) is 0 Å². The predicted molar refractivity (Wildman–Crippen MR) is 93.0 cm³/mol. The van der Waals surface area contributed by atoms with Gasteiger partial charge in [-0.2, -0.15) is 0 Å². The Balaban J connectivity index is 2.12. The summed E-state index contributed by atoms with van der Waals surface area (Å²) in [5.41, 5.74) is 2.93. The molecule has 6 heteroatoms. The molecule has 0 saturated heterocycles. The maximum Gasteiger partial charge on any atom is 0.256 e. The monoisotopic (exact) mass is 423 g/mol. The lowest BCUT2D eigenvalue weighted by Gasteiger charge is -2.07. The minimum Gasteiger partial charge on any atom is -0.503 e. The van der Waals surface area contributed by atoms with Gasteiger partial charge in [0, 0.05) is 21.3 Å². The van der Waals surface area contributed by atoms with Crippen LogP contribution >= 0.6 is 31.9 Å². The molecule has 2 N–H and O–H groups in total. The molecular formula is C16H11Br2NO3. The van der Waals surface area contributed by atoms with Crippen LogP contribution in [0.5, 0.6) is 11.5 Å². The Hall–Kier alpha value is -1.79. The van der Waals surface area contributed by atoms with E-state index < -0.39 is 0 Å². The lowest BCUT2D eigenvalue weighted by atomic mass is 10.0. The van der Waals surface area contributed by atoms with Crippen LogP contribution in [0.3, 0.4) is 0 Å². The summed E-state index contributed by atoms with van der Waals surface area (Å²) >= 11 is 6.69. The first-order chi connectivity index (χ1) is 10.5. The Morgan fingerprint density at radius 3 is 2.73 bits per heavy atom. The van der Waals surface area contributed by atoms with E-state index in [2.05, 4.69) is 37.2 Å². The Labute approximate surface area is 144 Å². The number of hydrogen-bond donors (Lipinski definition) is 2. The third kappa shape index (κ3) is 2.64. The number of benzene rings is 2. The van der Waals surface area contributed by atoms with Gasteiger partial charge in [-0.25, -0.2) is 0 Å². The van der Waals surface area contributed by atoms with E-state index in [9.17, 15) is 9.90 Å². The molecule has 0 aromatic heterocycles. The fourth-order valence-electron chi connectivity index (χ4n) is 2.30. The molecule has 2 aromatic rings. The zero-order valence-electron chi connectivity index (χ0n) is 11.5. The third-order valence-electron chi connectivity index (χ3n) is 3.35. The highest BCUT2D eigenvalue weighted by Crippen LogP contribution is 2.38. The van der Waals surface area contributed by atoms with Crippen molar-refractivity contribution in [2.75, 3.05) is 12.4 Å². The Kier molecular flexibility index (Phi) is 3.97. The second kappa shape index (κ2) is 5.78. The molecule has 0 unspecified atom stereocenters. The highest BCUT2D eigenvalue weighted by molar-refractivity contribution is 9.10. The van der Waals surface area contributed by atoms with Gasteiger partial charge in [0.1, 0.15) is 0 Å². The number of rotatable bonds is 2. The van der Waals surface area contributed by atoms with Crippen LogP contribution in [0.15, 0.2) is 39.3 Å². The van der Waals surface area contributed by atoms with Crippen LogP contribution in [-0.4, -0.2) is 18.1 Å². The fraction of sp³-hybridized carbons (Fsp3) is 0.0625. The van der Waals surface area contributed by atoms with Gasteiger partial charge in [-0.1, -0.05) is 15.9 Å². The van der Waals surface area contributed by atoms with Crippen LogP contribution < -0.4 is 10.1 Å². The first-order valence-corrected chi connectivity index (χ1v) is 7.97. The predicted octanol–water partition coefficient (Wildman–Crippen LogP) is 4.42. The molecule has 0 bridgehead atoms. The number of nitrogens with one attached hydrogen (secondary N) is 1. The molecule has 112 valence electrons. The summed E-state index contributed by atoms with van der Waals surface area (Å²) in [6.07, 6.45) is 1.76. The van der Waals surface area contributed by atoms with Crippen molar-refractivity contribution in [1.29, 1.82) is 0 Å². The lowest BCUT2D eigenvalue weighted by Crippen LogP contribution is -2.03. The number of anilines is 1. The molecule has 2 aromatic carbocycles. The number of amides is 1. The van der Waals surface area contributed by atoms with Gasteiger partial charge in [0.15, 0.2) is 11.5 Å². The minimum absolute atomic E-state index is 0.0312. The first kappa shape index (κ1) is 15.1. The fourth-order valence-corrected chi connectivity index (χ4v) is 3.12. The number of carbonyl (C=O) groups excluding carboxylic acids is 1. The zero-order chi connectivity index (χ0) is 15.9. The molecule has 1 amide bonds. The van der Waals surface area contributed by atoms with Crippen molar-refractivity contribution in [3.8, 4) is 11.5 Å². The number of hydrogen-bond acceptors (Lipinski definition) is 3. The molecular weight excluding hydrogens is 414 g/mol. The lowest BCUT2D eigenvalue weighted by molar-refractivity contribution is -0.110. The maximum absolute atomic E-state index is 12.2. The van der Waals surface area contributed by atoms with E-state index in [1.807, 2.05) is 18.2 Å². The number of aromatic hydroxyl groups is 1. The molecule has 0 aliphatic carbocycles. The van der Waals surface area contributed by atoms with Gasteiger partial charge in [0.25, 0.3) is 5.91 Å². The highest BCUT2D eigenvalue weighted by Gasteiger charge is 2.24. The molecule has 0 fully saturated rings. The standard InChI is InChI=1S/C16H11Br2NO3/c1-22-14-6-8(5-12(18)15(14)20)4-11-10-7-9(17)2-3-13(10)19-16(11)21/h2-7,20H,1H3,(H,19,21). The van der Waals surface area contributed by atoms with Crippen molar-refractivity contribution in [2.45, 2.75) is 0 Å². The molecule has 3 rings (SSSR count). The van der Waals surface area contributed by atoms with Crippen molar-refractivity contribution < 1.29 is 14.6 Å². The van der Waals surface area contributed by atoms with E-state index in [0.29, 0.717) is 15.8 Å². The Morgan fingerprint density at radius 1 is 1.23 bits per heavy atom. The smallest absolute Gasteiger partial charge is 0.256 e. The molecule has 0 radical (unpaired) electrons. The number of halogens is 2. The first-order valence-electron chi connectivity index (χ1n) is 6.39. The summed E-state index contributed by atoms with van der Waals surface area (Å²) in [6, 6.07) is 9.03. The summed E-state index contributed by atoms with van der Waals surface area (Å²) in [7, 11) is 1.48. The van der Waals surface area contributed by atoms with Crippen LogP contribution in [0.25, 0.3) is 11.6 Å². The summed E-state index contributed by atoms with van der Waals surface area (Å²) in [5, 5.41) is 12.7. The van der Waals surface area contributed by atoms with E-state index in [1.165, 1.54) is 7.11 Å². The van der Waals surface area contributed by atoms with Gasteiger partial charge < -0.3 is 15.2 Å². The molecule has 4 nitrogen and oxygen atoms in total. The summed E-state index contributed by atoms with van der Waals surface area (Å²) in [6.45, 7) is 0. The van der Waals surface area contributed by atoms with Crippen molar-refractivity contribution in [3.05, 3.63) is 50.4 Å². The number of fused-ring (bicyclic) bond motifs is 1. The number of methoxy groups -OCH3 is 1. The molecule has 1 aliphatic heterocycles. The van der Waals surface area contributed by atoms with Gasteiger partial charge in [-0.3, -0.25) is 4.79 Å². The summed E-state index contributed by atoms with van der Waals surface area (Å²) in [4.78, 5) is 12.2. The van der Waals surface area contributed by atoms with E-state index in [1.54, 1.807) is 18.2 Å². The quantitative estimate of drug-likeness (QED) is 0.701. The Morgan fingerprint density at radius 2 is 2.00 bits per heavy atom. The maximum atomic E-state index is 12.2. The van der Waals surface area contributed by atoms with Crippen molar-refractivity contribution in [2.24, 2.45) is 0 Å². The number of ether oxygens (including phenoxy) is 1. The van der Waals surface area contributed by atoms with Crippen LogP contribution in [0.4, 0.5) is 5.69 Å². The van der Waals surface area contributed by atoms with Gasteiger partial charge in [0.05, 0.1) is 11.6 Å². The van der Waals surface area contributed by atoms with Crippen LogP contribution in [0.1, 0.15) is 11.1 Å². The highest BCUT2D eigenvalue weighted by atomic mass is 79.9. The van der Waals surface area contributed by atoms with Crippen molar-refractivity contribution in [1.82, 2.24) is 0 Å². The molecule has 0 atom stereocenters. The van der Waals surface area contributed by atoms with E-state index in [4.69, 9.17) is 4.74 Å². The molecule has 22 heavy (non-hydrogen) atoms. The van der Waals surface area contributed by atoms with Crippen molar-refractivity contribution >= 4 is 55.1 Å². The average Bonchev–Trinajstić information content (AvgIpc) is 2.78. The van der Waals surface area contributed by atoms with Crippen LogP contribution in [0.2, 0.25) is 0 Å². The SMILES string of the molecule is COc1cc(C=C2C(=O)Nc3ccc(Br)cc32)cc(Br)c1O. The average molecular weight is 425 g/mol. The van der Waals surface area contributed by atoms with Crippen LogP contribution in [-0.2, 0) is 4.79 Å². The van der Waals surface area contributed by atoms with Gasteiger partial charge in [-0.05, 0) is 57.9 Å². The topological polar surface area (TPSA) is 58.6 Å². The van der Waals surface area contributed by atoms with Gasteiger partial charge in [-0.15, -0.1) is 0 Å². The molecule has 0 spiro atoms. The molecule has 1 heterocycles. The number of phenols is 1. The second-order valence-corrected chi connectivity index (χ2v) is 6.53. The third-order valence-corrected chi connectivity index (χ3v) is 4.44. The second-order valence-electron chi connectivity index (χ2n) is 4.76. The number of phenolic OH excluding ortho intramolecular Hbond substituents is 1. The largest absolute Gasteiger partial charge is 0.503 e. The van der Waals surface area contributed by atoms with E-state index in [0.717, 1.165) is 21.3 Å². The zero-order valence-corrected chi connectivity index (χ0v) is 14.7. The number of carbonyl (C=O) groups is 1. The normalized spacial score (nSPS) is 14.9. The summed E-state index contributed by atoms with van der Waals surface area (Å²) in [5.74, 6) is 0.217. The van der Waals surface area contributed by atoms with Gasteiger partial charge >= 0.3 is 0 Å². The van der Waals surface area contributed by atoms with Crippen LogP contribution in [0, 0.1) is 0 Å². The molecule has 0 saturated carbocycles. The molecule has 1 aliphatic rings. The Bertz CT molecular complexity index is 815. The van der Waals surface area contributed by atoms with E-state index >= 15 is 0 Å².